The molecule has 0 aliphatic carbocycles. The second-order valence-electron chi connectivity index (χ2n) is 17.8. The number of carbonyl (C=O) groups is 2. The first-order valence-electron chi connectivity index (χ1n) is 22.6. The van der Waals surface area contributed by atoms with E-state index in [0.29, 0.717) is 0 Å². The van der Waals surface area contributed by atoms with Gasteiger partial charge in [0.25, 0.3) is 0 Å². The molecule has 18 nitrogen and oxygen atoms in total. The lowest BCUT2D eigenvalue weighted by Crippen LogP contribution is -2.61. The van der Waals surface area contributed by atoms with Crippen LogP contribution in [0.4, 0.5) is 0 Å². The van der Waals surface area contributed by atoms with Gasteiger partial charge in [0.1, 0.15) is 18.1 Å². The topological polar surface area (TPSA) is 320 Å². The van der Waals surface area contributed by atoms with Crippen molar-refractivity contribution >= 4 is 11.9 Å². The van der Waals surface area contributed by atoms with Gasteiger partial charge in [-0.15, -0.1) is 0 Å². The van der Waals surface area contributed by atoms with Gasteiger partial charge >= 0.3 is 11.9 Å². The first-order chi connectivity index (χ1) is 30.6. The zero-order chi connectivity index (χ0) is 48.4. The van der Waals surface area contributed by atoms with Crippen molar-refractivity contribution in [2.45, 2.75) is 189 Å². The van der Waals surface area contributed by atoms with Crippen LogP contribution in [0.1, 0.15) is 91.9 Å². The lowest BCUT2D eigenvalue weighted by Gasteiger charge is -2.45. The third-order valence-corrected chi connectivity index (χ3v) is 12.2. The number of carbonyl (C=O) groups excluding carboxylic acids is 1. The van der Waals surface area contributed by atoms with Gasteiger partial charge in [-0.05, 0) is 52.4 Å². The number of cyclic esters (lactones) is 1. The summed E-state index contributed by atoms with van der Waals surface area (Å²) in [6, 6.07) is -1.14. The molecular weight excluding hydrogens is 851 g/mol. The Morgan fingerprint density at radius 3 is 1.94 bits per heavy atom. The fourth-order valence-corrected chi connectivity index (χ4v) is 8.11. The largest absolute Gasteiger partial charge is 0.481 e. The average molecular weight is 926 g/mol. The van der Waals surface area contributed by atoms with Gasteiger partial charge in [-0.2, -0.15) is 0 Å². The van der Waals surface area contributed by atoms with Crippen LogP contribution < -0.4 is 5.73 Å². The minimum atomic E-state index is -2.35. The van der Waals surface area contributed by atoms with E-state index in [1.54, 1.807) is 38.2 Å². The standard InChI is InChI=1S/C47H75NO17/c1-27-17-15-13-11-9-7-5-6-8-10-12-14-16-18-34(64-46-44(58)41(48)43(57)30(4)63-46)24-38-40(45(59)60)37(54)26-47(61,65-38)25-36(53)35(52)20-19-31(49)21-32(50)22-33(51)23-39(55)62-29(3)28(2)42(27)56/h5-6,8,10-18,27-38,40-44,46,49-54,56-58,61H,7,9,19-26,48H2,1-4H3,(H,59,60)/b6-5-,10-8-,13-11-,14-12-,17-15-,18-16-/t27-,28-,29-,30+,31+,32+,33+,34+,35-,36+,37-,38+,40+,41-,42+,43+,44-,46+,47+/m0/s1. The number of hydrogen-bond acceptors (Lipinski definition) is 17. The fourth-order valence-electron chi connectivity index (χ4n) is 8.11. The second-order valence-corrected chi connectivity index (χ2v) is 17.8. The molecule has 0 radical (unpaired) electrons. The summed E-state index contributed by atoms with van der Waals surface area (Å²) in [5, 5.41) is 118. The Bertz CT molecular complexity index is 1620. The quantitative estimate of drug-likeness (QED) is 0.175. The van der Waals surface area contributed by atoms with Gasteiger partial charge in [0.15, 0.2) is 12.1 Å². The van der Waals surface area contributed by atoms with E-state index in [1.165, 1.54) is 13.0 Å². The summed E-state index contributed by atoms with van der Waals surface area (Å²) in [5.41, 5.74) is 6.02. The van der Waals surface area contributed by atoms with Crippen molar-refractivity contribution in [3.63, 3.8) is 0 Å². The summed E-state index contributed by atoms with van der Waals surface area (Å²) in [6.45, 7) is 6.78. The summed E-state index contributed by atoms with van der Waals surface area (Å²) >= 11 is 0. The normalized spacial score (nSPS) is 45.2. The summed E-state index contributed by atoms with van der Waals surface area (Å²) in [5.74, 6) is -6.82. The molecule has 3 aliphatic heterocycles. The highest BCUT2D eigenvalue weighted by Gasteiger charge is 2.51. The van der Waals surface area contributed by atoms with Crippen LogP contribution in [-0.2, 0) is 28.5 Å². The van der Waals surface area contributed by atoms with E-state index in [9.17, 15) is 65.8 Å². The van der Waals surface area contributed by atoms with Gasteiger partial charge in [-0.25, -0.2) is 0 Å². The molecule has 2 saturated heterocycles. The molecule has 13 N–H and O–H groups in total. The Hall–Kier alpha value is -3.18. The molecule has 2 bridgehead atoms. The van der Waals surface area contributed by atoms with Crippen LogP contribution in [-0.4, -0.2) is 166 Å². The molecule has 0 aromatic rings. The van der Waals surface area contributed by atoms with Crippen LogP contribution >= 0.6 is 0 Å². The maximum atomic E-state index is 12.6. The predicted octanol–water partition coefficient (Wildman–Crippen LogP) is 0.936. The van der Waals surface area contributed by atoms with Crippen LogP contribution in [0, 0.1) is 17.8 Å². The maximum absolute atomic E-state index is 12.6. The number of aliphatic hydroxyl groups excluding tert-OH is 9. The fraction of sp³-hybridized carbons (Fsp3) is 0.702. The number of carboxylic acid groups (broad SMARTS) is 1. The van der Waals surface area contributed by atoms with E-state index in [2.05, 4.69) is 0 Å². The molecule has 2 fully saturated rings. The number of carboxylic acids is 1. The number of hydrogen-bond donors (Lipinski definition) is 12. The van der Waals surface area contributed by atoms with Crippen molar-refractivity contribution in [3.05, 3.63) is 72.9 Å². The van der Waals surface area contributed by atoms with Crippen molar-refractivity contribution < 1.29 is 84.7 Å². The molecule has 0 amide bonds. The number of esters is 1. The molecule has 370 valence electrons. The molecular formula is C47H75NO17. The van der Waals surface area contributed by atoms with Crippen LogP contribution in [0.2, 0.25) is 0 Å². The Kier molecular flexibility index (Phi) is 23.8. The average Bonchev–Trinajstić information content (AvgIpc) is 3.21. The molecule has 0 aromatic carbocycles. The van der Waals surface area contributed by atoms with Crippen LogP contribution in [0.5, 0.6) is 0 Å². The second kappa shape index (κ2) is 27.6. The van der Waals surface area contributed by atoms with Crippen molar-refractivity contribution in [3.8, 4) is 0 Å². The molecule has 3 heterocycles. The van der Waals surface area contributed by atoms with Gasteiger partial charge < -0.3 is 80.9 Å². The smallest absolute Gasteiger partial charge is 0.311 e. The summed E-state index contributed by atoms with van der Waals surface area (Å²) in [6.07, 6.45) is 2.28. The van der Waals surface area contributed by atoms with Gasteiger partial charge in [0.05, 0.1) is 79.6 Å². The highest BCUT2D eigenvalue weighted by atomic mass is 16.7. The molecule has 3 rings (SSSR count). The number of fused-ring (bicyclic) bond motifs is 2. The summed E-state index contributed by atoms with van der Waals surface area (Å²) < 4.78 is 23.2. The summed E-state index contributed by atoms with van der Waals surface area (Å²) in [4.78, 5) is 25.1. The molecule has 0 spiro atoms. The SMILES string of the molecule is C[C@@H]1[C@H](O)[C@@H](C)/C=C\C=C/CC\C=C/C=C\C=C/C=C\[C@@H](O[C@H]2O[C@H](C)[C@@H](O)[C@H](N)[C@@H]2O)C[C@H]2O[C@](O)(C[C@@H](O)[C@@H](O)CC[C@@H](O)C[C@@H](O)C[C@@H](O)CC(=O)O[C@H]1C)C[C@H](O)[C@H]2C(=O)O. The van der Waals surface area contributed by atoms with Crippen molar-refractivity contribution in [2.75, 3.05) is 0 Å². The van der Waals surface area contributed by atoms with Gasteiger partial charge in [0, 0.05) is 31.1 Å². The van der Waals surface area contributed by atoms with Gasteiger partial charge in [-0.3, -0.25) is 9.59 Å². The molecule has 65 heavy (non-hydrogen) atoms. The monoisotopic (exact) mass is 926 g/mol. The molecule has 19 atom stereocenters. The minimum Gasteiger partial charge on any atom is -0.481 e. The predicted molar refractivity (Wildman–Crippen MR) is 237 cm³/mol. The van der Waals surface area contributed by atoms with Crippen LogP contribution in [0.25, 0.3) is 0 Å². The van der Waals surface area contributed by atoms with E-state index >= 15 is 0 Å². The molecule has 0 aromatic heterocycles. The van der Waals surface area contributed by atoms with E-state index < -0.39 is 141 Å². The third kappa shape index (κ3) is 18.8. The first kappa shape index (κ1) is 56.1. The molecule has 0 saturated carbocycles. The zero-order valence-electron chi connectivity index (χ0n) is 37.8. The highest BCUT2D eigenvalue weighted by molar-refractivity contribution is 5.71. The van der Waals surface area contributed by atoms with E-state index in [1.807, 2.05) is 49.5 Å². The van der Waals surface area contributed by atoms with Crippen molar-refractivity contribution in [1.29, 1.82) is 0 Å². The number of rotatable bonds is 3. The first-order valence-corrected chi connectivity index (χ1v) is 22.6. The summed E-state index contributed by atoms with van der Waals surface area (Å²) in [7, 11) is 0. The number of aliphatic carboxylic acids is 1. The number of aliphatic hydroxyl groups is 10. The molecule has 18 heteroatoms. The highest BCUT2D eigenvalue weighted by Crippen LogP contribution is 2.38. The zero-order valence-corrected chi connectivity index (χ0v) is 37.8. The Labute approximate surface area is 381 Å². The van der Waals surface area contributed by atoms with E-state index in [-0.39, 0.29) is 38.0 Å². The molecule has 0 unspecified atom stereocenters. The number of nitrogens with two attached hydrogens (primary N) is 1. The lowest BCUT2D eigenvalue weighted by molar-refractivity contribution is -0.310. The Morgan fingerprint density at radius 2 is 1.28 bits per heavy atom. The van der Waals surface area contributed by atoms with E-state index in [0.717, 1.165) is 12.8 Å². The van der Waals surface area contributed by atoms with E-state index in [4.69, 9.17) is 24.7 Å². The van der Waals surface area contributed by atoms with Gasteiger partial charge in [-0.1, -0.05) is 86.8 Å². The Balaban J connectivity index is 1.84. The third-order valence-electron chi connectivity index (χ3n) is 12.2. The number of allylic oxidation sites excluding steroid dienone is 10. The van der Waals surface area contributed by atoms with Crippen molar-refractivity contribution in [1.82, 2.24) is 0 Å². The van der Waals surface area contributed by atoms with Crippen LogP contribution in [0.3, 0.4) is 0 Å². The molecule has 3 aliphatic rings. The Morgan fingerprint density at radius 1 is 0.692 bits per heavy atom. The maximum Gasteiger partial charge on any atom is 0.311 e. The van der Waals surface area contributed by atoms with Crippen molar-refractivity contribution in [2.24, 2.45) is 23.5 Å². The number of ether oxygens (including phenoxy) is 4. The van der Waals surface area contributed by atoms with Gasteiger partial charge in [0.2, 0.25) is 0 Å². The van der Waals surface area contributed by atoms with Crippen LogP contribution in [0.15, 0.2) is 72.9 Å². The minimum absolute atomic E-state index is 0.138. The lowest BCUT2D eigenvalue weighted by atomic mass is 9.82.